The molecule has 1 aliphatic carbocycles. The van der Waals surface area contributed by atoms with Crippen molar-refractivity contribution >= 4 is 40.2 Å². The van der Waals surface area contributed by atoms with Gasteiger partial charge in [-0.3, -0.25) is 10.1 Å². The number of aromatic nitrogens is 1. The van der Waals surface area contributed by atoms with Crippen molar-refractivity contribution in [3.63, 3.8) is 0 Å². The number of hydrogen-bond donors (Lipinski definition) is 2. The Kier molecular flexibility index (Phi) is 8.53. The number of carboxylic acid groups (broad SMARTS) is 1. The summed E-state index contributed by atoms with van der Waals surface area (Å²) in [5.74, 6) is -1.17. The van der Waals surface area contributed by atoms with Gasteiger partial charge < -0.3 is 14.7 Å². The highest BCUT2D eigenvalue weighted by Gasteiger charge is 2.26. The number of thiazole rings is 1. The summed E-state index contributed by atoms with van der Waals surface area (Å²) in [5, 5.41) is 12.1. The Morgan fingerprint density at radius 2 is 2.13 bits per heavy atom. The Labute approximate surface area is 189 Å². The van der Waals surface area contributed by atoms with Gasteiger partial charge in [0.2, 0.25) is 0 Å². The average molecular weight is 468 g/mol. The molecule has 168 valence electrons. The highest BCUT2D eigenvalue weighted by Crippen LogP contribution is 2.29. The van der Waals surface area contributed by atoms with E-state index >= 15 is 0 Å². The number of benzene rings is 1. The Hall–Kier alpha value is -2.33. The molecule has 1 aromatic carbocycles. The number of anilines is 1. The van der Waals surface area contributed by atoms with Crippen LogP contribution in [0.1, 0.15) is 37.7 Å². The molecular formula is C21H26FN3O4S2. The number of methoxy groups -OCH3 is 1. The van der Waals surface area contributed by atoms with Crippen molar-refractivity contribution in [3.8, 4) is 5.75 Å². The standard InChI is InChI=1S/C21H26FN3O4S2/c1-29-17-8-7-14(11-16(17)22)9-10-25(15-5-3-2-4-6-15)21(28)24-20-23-12-19(31-20)30-13-18(26)27/h7-8,11-12,15H,2-6,9-10,13H2,1H3,(H,26,27)(H,23,24,28). The van der Waals surface area contributed by atoms with Crippen LogP contribution in [-0.2, 0) is 11.2 Å². The zero-order chi connectivity index (χ0) is 22.2. The molecule has 2 amide bonds. The van der Waals surface area contributed by atoms with Crippen LogP contribution in [0.3, 0.4) is 0 Å². The lowest BCUT2D eigenvalue weighted by molar-refractivity contribution is -0.133. The van der Waals surface area contributed by atoms with Crippen LogP contribution in [0.4, 0.5) is 14.3 Å². The smallest absolute Gasteiger partial charge is 0.323 e. The van der Waals surface area contributed by atoms with E-state index in [-0.39, 0.29) is 23.6 Å². The molecule has 7 nitrogen and oxygen atoms in total. The fourth-order valence-electron chi connectivity index (χ4n) is 3.64. The number of amides is 2. The summed E-state index contributed by atoms with van der Waals surface area (Å²) in [5.41, 5.74) is 0.800. The third-order valence-electron chi connectivity index (χ3n) is 5.17. The summed E-state index contributed by atoms with van der Waals surface area (Å²) in [6, 6.07) is 4.76. The molecule has 1 fully saturated rings. The van der Waals surface area contributed by atoms with Gasteiger partial charge in [-0.2, -0.15) is 0 Å². The lowest BCUT2D eigenvalue weighted by atomic mass is 9.94. The monoisotopic (exact) mass is 467 g/mol. The molecular weight excluding hydrogens is 441 g/mol. The third-order valence-corrected chi connectivity index (χ3v) is 7.26. The Morgan fingerprint density at radius 1 is 1.35 bits per heavy atom. The van der Waals surface area contributed by atoms with E-state index in [4.69, 9.17) is 9.84 Å². The number of carboxylic acids is 1. The lowest BCUT2D eigenvalue weighted by Crippen LogP contribution is -2.45. The number of urea groups is 1. The van der Waals surface area contributed by atoms with E-state index in [1.165, 1.54) is 42.7 Å². The van der Waals surface area contributed by atoms with E-state index in [1.54, 1.807) is 12.3 Å². The number of ether oxygens (including phenoxy) is 1. The molecule has 0 bridgehead atoms. The first kappa shape index (κ1) is 23.3. The molecule has 0 spiro atoms. The summed E-state index contributed by atoms with van der Waals surface area (Å²) in [6.07, 6.45) is 7.33. The van der Waals surface area contributed by atoms with Gasteiger partial charge in [-0.25, -0.2) is 14.2 Å². The van der Waals surface area contributed by atoms with Gasteiger partial charge in [0.1, 0.15) is 0 Å². The van der Waals surface area contributed by atoms with E-state index in [0.717, 1.165) is 35.5 Å². The Bertz CT molecular complexity index is 903. The lowest BCUT2D eigenvalue weighted by Gasteiger charge is -2.34. The number of rotatable bonds is 9. The first-order valence-electron chi connectivity index (χ1n) is 10.2. The zero-order valence-electron chi connectivity index (χ0n) is 17.3. The molecule has 2 N–H and O–H groups in total. The predicted molar refractivity (Wildman–Crippen MR) is 120 cm³/mol. The fourth-order valence-corrected chi connectivity index (χ4v) is 5.22. The van der Waals surface area contributed by atoms with Gasteiger partial charge in [-0.05, 0) is 37.0 Å². The topological polar surface area (TPSA) is 91.8 Å². The van der Waals surface area contributed by atoms with Gasteiger partial charge in [0.25, 0.3) is 0 Å². The second-order valence-corrected chi connectivity index (χ2v) is 9.61. The first-order chi connectivity index (χ1) is 15.0. The summed E-state index contributed by atoms with van der Waals surface area (Å²) < 4.78 is 19.7. The van der Waals surface area contributed by atoms with Crippen molar-refractivity contribution < 1.29 is 23.8 Å². The maximum Gasteiger partial charge on any atom is 0.323 e. The molecule has 0 saturated heterocycles. The second kappa shape index (κ2) is 11.3. The quantitative estimate of drug-likeness (QED) is 0.511. The molecule has 1 aromatic heterocycles. The minimum Gasteiger partial charge on any atom is -0.494 e. The zero-order valence-corrected chi connectivity index (χ0v) is 18.9. The molecule has 2 aromatic rings. The van der Waals surface area contributed by atoms with Crippen LogP contribution in [-0.4, -0.2) is 52.4 Å². The number of halogens is 1. The largest absolute Gasteiger partial charge is 0.494 e. The van der Waals surface area contributed by atoms with Gasteiger partial charge in [0.05, 0.1) is 23.3 Å². The molecule has 3 rings (SSSR count). The van der Waals surface area contributed by atoms with Crippen molar-refractivity contribution in [1.29, 1.82) is 0 Å². The third kappa shape index (κ3) is 6.83. The molecule has 10 heteroatoms. The van der Waals surface area contributed by atoms with Crippen molar-refractivity contribution in [2.75, 3.05) is 24.7 Å². The predicted octanol–water partition coefficient (Wildman–Crippen LogP) is 4.88. The molecule has 0 aliphatic heterocycles. The molecule has 1 saturated carbocycles. The SMILES string of the molecule is COc1ccc(CCN(C(=O)Nc2ncc(SCC(=O)O)s2)C2CCCCC2)cc1F. The van der Waals surface area contributed by atoms with Crippen LogP contribution in [0.5, 0.6) is 5.75 Å². The number of carbonyl (C=O) groups excluding carboxylic acids is 1. The van der Waals surface area contributed by atoms with Crippen LogP contribution in [0.2, 0.25) is 0 Å². The first-order valence-corrected chi connectivity index (χ1v) is 12.0. The number of carbonyl (C=O) groups is 2. The fraction of sp³-hybridized carbons (Fsp3) is 0.476. The summed E-state index contributed by atoms with van der Waals surface area (Å²) in [6.45, 7) is 0.467. The molecule has 1 heterocycles. The minimum atomic E-state index is -0.901. The van der Waals surface area contributed by atoms with E-state index in [2.05, 4.69) is 10.3 Å². The number of nitrogens with one attached hydrogen (secondary N) is 1. The summed E-state index contributed by atoms with van der Waals surface area (Å²) in [4.78, 5) is 29.8. The van der Waals surface area contributed by atoms with Crippen molar-refractivity contribution in [1.82, 2.24) is 9.88 Å². The molecule has 0 unspecified atom stereocenters. The maximum atomic E-state index is 14.0. The highest BCUT2D eigenvalue weighted by atomic mass is 32.2. The number of thioether (sulfide) groups is 1. The summed E-state index contributed by atoms with van der Waals surface area (Å²) >= 11 is 2.42. The van der Waals surface area contributed by atoms with E-state index in [1.807, 2.05) is 11.0 Å². The molecule has 0 atom stereocenters. The second-order valence-electron chi connectivity index (χ2n) is 7.30. The van der Waals surface area contributed by atoms with Crippen LogP contribution >= 0.6 is 23.1 Å². The van der Waals surface area contributed by atoms with E-state index in [9.17, 15) is 14.0 Å². The summed E-state index contributed by atoms with van der Waals surface area (Å²) in [7, 11) is 1.43. The van der Waals surface area contributed by atoms with E-state index in [0.29, 0.717) is 18.1 Å². The van der Waals surface area contributed by atoms with E-state index < -0.39 is 11.8 Å². The van der Waals surface area contributed by atoms with Crippen LogP contribution in [0.25, 0.3) is 0 Å². The van der Waals surface area contributed by atoms with Crippen molar-refractivity contribution in [2.24, 2.45) is 0 Å². The van der Waals surface area contributed by atoms with Gasteiger partial charge in [0, 0.05) is 12.6 Å². The van der Waals surface area contributed by atoms with Crippen molar-refractivity contribution in [2.45, 2.75) is 48.8 Å². The van der Waals surface area contributed by atoms with Crippen molar-refractivity contribution in [3.05, 3.63) is 35.8 Å². The number of nitrogens with zero attached hydrogens (tertiary/aromatic N) is 2. The van der Waals surface area contributed by atoms with Gasteiger partial charge in [-0.15, -0.1) is 11.8 Å². The normalized spacial score (nSPS) is 14.3. The van der Waals surface area contributed by atoms with Crippen LogP contribution < -0.4 is 10.1 Å². The van der Waals surface area contributed by atoms with Crippen LogP contribution in [0, 0.1) is 5.82 Å². The molecule has 31 heavy (non-hydrogen) atoms. The van der Waals surface area contributed by atoms with Gasteiger partial charge in [0.15, 0.2) is 16.7 Å². The maximum absolute atomic E-state index is 14.0. The Balaban J connectivity index is 1.65. The number of hydrogen-bond acceptors (Lipinski definition) is 6. The Morgan fingerprint density at radius 3 is 2.81 bits per heavy atom. The number of aliphatic carboxylic acids is 1. The molecule has 1 aliphatic rings. The highest BCUT2D eigenvalue weighted by molar-refractivity contribution is 8.01. The molecule has 0 radical (unpaired) electrons. The minimum absolute atomic E-state index is 0.0534. The van der Waals surface area contributed by atoms with Gasteiger partial charge >= 0.3 is 12.0 Å². The van der Waals surface area contributed by atoms with Crippen LogP contribution in [0.15, 0.2) is 28.6 Å². The van der Waals surface area contributed by atoms with Gasteiger partial charge in [-0.1, -0.05) is 36.7 Å². The average Bonchev–Trinajstić information content (AvgIpc) is 3.20.